The van der Waals surface area contributed by atoms with Crippen molar-refractivity contribution in [3.05, 3.63) is 83.2 Å². The minimum absolute atomic E-state index is 0.0756. The van der Waals surface area contributed by atoms with Crippen molar-refractivity contribution in [3.63, 3.8) is 0 Å². The highest BCUT2D eigenvalue weighted by Crippen LogP contribution is 2.21. The Bertz CT molecular complexity index is 791. The van der Waals surface area contributed by atoms with Crippen molar-refractivity contribution in [2.75, 3.05) is 11.4 Å². The fraction of sp³-hybridized carbons (Fsp3) is 0.200. The highest BCUT2D eigenvalue weighted by molar-refractivity contribution is 6.07. The largest absolute Gasteiger partial charge is 0.361 e. The maximum Gasteiger partial charge on any atom is 0.263 e. The zero-order valence-corrected chi connectivity index (χ0v) is 13.9. The summed E-state index contributed by atoms with van der Waals surface area (Å²) < 4.78 is 5.17. The van der Waals surface area contributed by atoms with Gasteiger partial charge in [-0.1, -0.05) is 53.7 Å². The van der Waals surface area contributed by atoms with Crippen LogP contribution in [0.2, 0.25) is 0 Å². The first-order valence-electron chi connectivity index (χ1n) is 8.00. The minimum atomic E-state index is -0.0756. The first-order valence-corrected chi connectivity index (χ1v) is 8.00. The average molecular weight is 320 g/mol. The lowest BCUT2D eigenvalue weighted by Gasteiger charge is -2.23. The van der Waals surface area contributed by atoms with E-state index in [1.165, 1.54) is 5.56 Å². The SMILES string of the molecule is Cc1noc(C)c1C(=O)N(CCc1ccccc1)c1ccccc1. The molecule has 3 aromatic rings. The Balaban J connectivity index is 1.89. The summed E-state index contributed by atoms with van der Waals surface area (Å²) in [5.74, 6) is 0.478. The number of carbonyl (C=O) groups is 1. The highest BCUT2D eigenvalue weighted by Gasteiger charge is 2.24. The summed E-state index contributed by atoms with van der Waals surface area (Å²) in [6, 6.07) is 19.9. The number of aryl methyl sites for hydroxylation is 2. The van der Waals surface area contributed by atoms with Gasteiger partial charge in [-0.3, -0.25) is 4.79 Å². The third kappa shape index (κ3) is 3.38. The van der Waals surface area contributed by atoms with Gasteiger partial charge in [0.15, 0.2) is 0 Å². The maximum atomic E-state index is 13.1. The average Bonchev–Trinajstić information content (AvgIpc) is 2.95. The van der Waals surface area contributed by atoms with E-state index in [0.717, 1.165) is 12.1 Å². The van der Waals surface area contributed by atoms with Crippen molar-refractivity contribution in [1.29, 1.82) is 0 Å². The number of hydrogen-bond donors (Lipinski definition) is 0. The van der Waals surface area contributed by atoms with Gasteiger partial charge < -0.3 is 9.42 Å². The summed E-state index contributed by atoms with van der Waals surface area (Å²) in [7, 11) is 0. The molecular weight excluding hydrogens is 300 g/mol. The van der Waals surface area contributed by atoms with Crippen LogP contribution < -0.4 is 4.90 Å². The molecule has 0 aliphatic carbocycles. The topological polar surface area (TPSA) is 46.3 Å². The summed E-state index contributed by atoms with van der Waals surface area (Å²) in [6.07, 6.45) is 0.783. The van der Waals surface area contributed by atoms with Crippen LogP contribution in [0.4, 0.5) is 5.69 Å². The minimum Gasteiger partial charge on any atom is -0.361 e. The van der Waals surface area contributed by atoms with E-state index in [1.807, 2.05) is 48.5 Å². The van der Waals surface area contributed by atoms with E-state index in [2.05, 4.69) is 17.3 Å². The number of amides is 1. The molecule has 0 N–H and O–H groups in total. The lowest BCUT2D eigenvalue weighted by Crippen LogP contribution is -2.33. The van der Waals surface area contributed by atoms with Crippen LogP contribution in [-0.4, -0.2) is 17.6 Å². The van der Waals surface area contributed by atoms with Crippen LogP contribution in [0.5, 0.6) is 0 Å². The van der Waals surface area contributed by atoms with Crippen LogP contribution in [0.25, 0.3) is 0 Å². The predicted octanol–water partition coefficient (Wildman–Crippen LogP) is 4.18. The fourth-order valence-corrected chi connectivity index (χ4v) is 2.76. The molecule has 4 heteroatoms. The van der Waals surface area contributed by atoms with Gasteiger partial charge in [0.2, 0.25) is 0 Å². The molecule has 122 valence electrons. The Morgan fingerprint density at radius 3 is 2.21 bits per heavy atom. The summed E-state index contributed by atoms with van der Waals surface area (Å²) >= 11 is 0. The Labute approximate surface area is 141 Å². The predicted molar refractivity (Wildman–Crippen MR) is 94.2 cm³/mol. The summed E-state index contributed by atoms with van der Waals surface area (Å²) in [4.78, 5) is 14.9. The second-order valence-electron chi connectivity index (χ2n) is 5.73. The molecule has 24 heavy (non-hydrogen) atoms. The molecule has 0 aliphatic rings. The molecule has 0 spiro atoms. The molecule has 1 amide bonds. The van der Waals surface area contributed by atoms with Crippen LogP contribution in [-0.2, 0) is 6.42 Å². The number of anilines is 1. The lowest BCUT2D eigenvalue weighted by molar-refractivity contribution is 0.0985. The molecule has 3 rings (SSSR count). The summed E-state index contributed by atoms with van der Waals surface area (Å²) in [5, 5.41) is 3.91. The van der Waals surface area contributed by atoms with Crippen molar-refractivity contribution in [2.45, 2.75) is 20.3 Å². The van der Waals surface area contributed by atoms with Gasteiger partial charge in [-0.2, -0.15) is 0 Å². The molecule has 4 nitrogen and oxygen atoms in total. The molecule has 2 aromatic carbocycles. The molecule has 1 aromatic heterocycles. The molecule has 0 aliphatic heterocycles. The lowest BCUT2D eigenvalue weighted by atomic mass is 10.1. The van der Waals surface area contributed by atoms with E-state index < -0.39 is 0 Å². The Kier molecular flexibility index (Phi) is 4.75. The molecular formula is C20H20N2O2. The smallest absolute Gasteiger partial charge is 0.263 e. The van der Waals surface area contributed by atoms with Crippen molar-refractivity contribution in [2.24, 2.45) is 0 Å². The first-order chi connectivity index (χ1) is 11.7. The number of nitrogens with zero attached hydrogens (tertiary/aromatic N) is 2. The molecule has 0 saturated heterocycles. The van der Waals surface area contributed by atoms with Gasteiger partial charge in [0, 0.05) is 12.2 Å². The van der Waals surface area contributed by atoms with Crippen molar-refractivity contribution < 1.29 is 9.32 Å². The standard InChI is InChI=1S/C20H20N2O2/c1-15-19(16(2)24-21-15)20(23)22(18-11-7-4-8-12-18)14-13-17-9-5-3-6-10-17/h3-12H,13-14H2,1-2H3. The van der Waals surface area contributed by atoms with Gasteiger partial charge in [-0.05, 0) is 38.0 Å². The molecule has 0 radical (unpaired) electrons. The van der Waals surface area contributed by atoms with E-state index >= 15 is 0 Å². The number of hydrogen-bond acceptors (Lipinski definition) is 3. The number of benzene rings is 2. The van der Waals surface area contributed by atoms with Crippen molar-refractivity contribution >= 4 is 11.6 Å². The molecule has 0 saturated carbocycles. The third-order valence-corrected chi connectivity index (χ3v) is 4.03. The van der Waals surface area contributed by atoms with Gasteiger partial charge in [-0.15, -0.1) is 0 Å². The second-order valence-corrected chi connectivity index (χ2v) is 5.73. The second kappa shape index (κ2) is 7.13. The van der Waals surface area contributed by atoms with E-state index in [0.29, 0.717) is 23.6 Å². The van der Waals surface area contributed by atoms with Crippen molar-refractivity contribution in [1.82, 2.24) is 5.16 Å². The molecule has 1 heterocycles. The third-order valence-electron chi connectivity index (χ3n) is 4.03. The van der Waals surface area contributed by atoms with Crippen LogP contribution >= 0.6 is 0 Å². The number of rotatable bonds is 5. The fourth-order valence-electron chi connectivity index (χ4n) is 2.76. The van der Waals surface area contributed by atoms with E-state index in [1.54, 1.807) is 18.7 Å². The summed E-state index contributed by atoms with van der Waals surface area (Å²) in [6.45, 7) is 4.16. The van der Waals surface area contributed by atoms with Crippen LogP contribution in [0.15, 0.2) is 65.2 Å². The normalized spacial score (nSPS) is 10.6. The van der Waals surface area contributed by atoms with Gasteiger partial charge in [0.25, 0.3) is 5.91 Å². The van der Waals surface area contributed by atoms with Crippen LogP contribution in [0.1, 0.15) is 27.4 Å². The maximum absolute atomic E-state index is 13.1. The number of carbonyl (C=O) groups excluding carboxylic acids is 1. The Morgan fingerprint density at radius 1 is 1.00 bits per heavy atom. The van der Waals surface area contributed by atoms with E-state index in [4.69, 9.17) is 4.52 Å². The monoisotopic (exact) mass is 320 g/mol. The van der Waals surface area contributed by atoms with E-state index in [9.17, 15) is 4.79 Å². The van der Waals surface area contributed by atoms with Crippen LogP contribution in [0, 0.1) is 13.8 Å². The molecule has 0 atom stereocenters. The zero-order chi connectivity index (χ0) is 16.9. The Morgan fingerprint density at radius 2 is 1.62 bits per heavy atom. The van der Waals surface area contributed by atoms with Gasteiger partial charge in [0.05, 0.1) is 5.69 Å². The quantitative estimate of drug-likeness (QED) is 0.708. The van der Waals surface area contributed by atoms with Gasteiger partial charge in [-0.25, -0.2) is 0 Å². The summed E-state index contributed by atoms with van der Waals surface area (Å²) in [5.41, 5.74) is 3.24. The molecule has 0 unspecified atom stereocenters. The van der Waals surface area contributed by atoms with E-state index in [-0.39, 0.29) is 5.91 Å². The molecule has 0 fully saturated rings. The number of para-hydroxylation sites is 1. The first kappa shape index (κ1) is 16.0. The van der Waals surface area contributed by atoms with Gasteiger partial charge >= 0.3 is 0 Å². The van der Waals surface area contributed by atoms with Crippen LogP contribution in [0.3, 0.4) is 0 Å². The zero-order valence-electron chi connectivity index (χ0n) is 13.9. The van der Waals surface area contributed by atoms with Crippen molar-refractivity contribution in [3.8, 4) is 0 Å². The Hall–Kier alpha value is -2.88. The highest BCUT2D eigenvalue weighted by atomic mass is 16.5. The van der Waals surface area contributed by atoms with Gasteiger partial charge in [0.1, 0.15) is 11.3 Å². The molecule has 0 bridgehead atoms. The number of aromatic nitrogens is 1.